The molecule has 3 rings (SSSR count). The second-order valence-electron chi connectivity index (χ2n) is 5.54. The van der Waals surface area contributed by atoms with Gasteiger partial charge in [0.1, 0.15) is 6.10 Å². The van der Waals surface area contributed by atoms with E-state index in [0.717, 1.165) is 18.7 Å². The van der Waals surface area contributed by atoms with Crippen molar-refractivity contribution in [3.8, 4) is 0 Å². The van der Waals surface area contributed by atoms with Crippen molar-refractivity contribution in [2.45, 2.75) is 32.7 Å². The van der Waals surface area contributed by atoms with Gasteiger partial charge in [-0.3, -0.25) is 10.2 Å². The molecular formula is C18H20N2O2. The summed E-state index contributed by atoms with van der Waals surface area (Å²) >= 11 is 0. The number of fused-ring (bicyclic) bond motifs is 1. The molecule has 0 unspecified atom stereocenters. The Morgan fingerprint density at radius 2 is 1.68 bits per heavy atom. The minimum Gasteiger partial charge on any atom is -0.364 e. The highest BCUT2D eigenvalue weighted by Crippen LogP contribution is 2.20. The van der Waals surface area contributed by atoms with Crippen LogP contribution in [0.15, 0.2) is 54.6 Å². The highest BCUT2D eigenvalue weighted by atomic mass is 16.5. The normalized spacial score (nSPS) is 15.3. The Hall–Kier alpha value is -2.17. The number of hydrogen-bond donors (Lipinski definition) is 1. The summed E-state index contributed by atoms with van der Waals surface area (Å²) in [5, 5.41) is 1.93. The highest BCUT2D eigenvalue weighted by molar-refractivity contribution is 5.79. The molecule has 22 heavy (non-hydrogen) atoms. The second-order valence-corrected chi connectivity index (χ2v) is 5.54. The van der Waals surface area contributed by atoms with Gasteiger partial charge in [0.2, 0.25) is 0 Å². The van der Waals surface area contributed by atoms with Crippen LogP contribution in [0.1, 0.15) is 23.6 Å². The average Bonchev–Trinajstić information content (AvgIpc) is 2.95. The number of benzene rings is 2. The van der Waals surface area contributed by atoms with Crippen molar-refractivity contribution in [3.05, 3.63) is 71.3 Å². The Labute approximate surface area is 130 Å². The van der Waals surface area contributed by atoms with E-state index in [9.17, 15) is 4.79 Å². The van der Waals surface area contributed by atoms with Crippen LogP contribution in [0.2, 0.25) is 0 Å². The van der Waals surface area contributed by atoms with Crippen molar-refractivity contribution in [2.75, 3.05) is 0 Å². The fourth-order valence-electron chi connectivity index (χ4n) is 2.53. The van der Waals surface area contributed by atoms with Crippen molar-refractivity contribution in [3.63, 3.8) is 0 Å². The lowest BCUT2D eigenvalue weighted by molar-refractivity contribution is -0.137. The van der Waals surface area contributed by atoms with Gasteiger partial charge in [-0.05, 0) is 23.6 Å². The fourth-order valence-corrected chi connectivity index (χ4v) is 2.53. The van der Waals surface area contributed by atoms with Gasteiger partial charge < -0.3 is 4.74 Å². The van der Waals surface area contributed by atoms with E-state index in [-0.39, 0.29) is 5.91 Å². The number of nitrogens with zero attached hydrogens (tertiary/aromatic N) is 1. The summed E-state index contributed by atoms with van der Waals surface area (Å²) in [7, 11) is 0. The maximum atomic E-state index is 12.2. The molecule has 0 saturated heterocycles. The van der Waals surface area contributed by atoms with Gasteiger partial charge in [0.15, 0.2) is 0 Å². The minimum absolute atomic E-state index is 0.108. The van der Waals surface area contributed by atoms with E-state index in [1.54, 1.807) is 6.92 Å². The number of amides is 1. The number of hydrazine groups is 1. The van der Waals surface area contributed by atoms with Gasteiger partial charge in [-0.15, -0.1) is 0 Å². The molecule has 1 aliphatic heterocycles. The average molecular weight is 296 g/mol. The van der Waals surface area contributed by atoms with Crippen LogP contribution in [-0.4, -0.2) is 17.0 Å². The molecule has 0 fully saturated rings. The monoisotopic (exact) mass is 296 g/mol. The maximum absolute atomic E-state index is 12.2. The van der Waals surface area contributed by atoms with Crippen molar-refractivity contribution in [1.82, 2.24) is 10.4 Å². The van der Waals surface area contributed by atoms with Crippen molar-refractivity contribution in [1.29, 1.82) is 0 Å². The molecule has 0 radical (unpaired) electrons. The van der Waals surface area contributed by atoms with Crippen molar-refractivity contribution >= 4 is 5.91 Å². The standard InChI is InChI=1S/C18H20N2O2/c1-14(22-13-15-7-3-2-4-8-15)18(21)19-20-11-16-9-5-6-10-17(16)12-20/h2-10,14H,11-13H2,1H3,(H,19,21)/t14-/m0/s1. The van der Waals surface area contributed by atoms with Crippen molar-refractivity contribution in [2.24, 2.45) is 0 Å². The van der Waals surface area contributed by atoms with E-state index in [1.807, 2.05) is 47.5 Å². The van der Waals surface area contributed by atoms with Crippen LogP contribution in [-0.2, 0) is 29.2 Å². The van der Waals surface area contributed by atoms with Gasteiger partial charge in [0.05, 0.1) is 6.61 Å². The van der Waals surface area contributed by atoms with Crippen LogP contribution in [0.4, 0.5) is 0 Å². The molecule has 2 aromatic rings. The van der Waals surface area contributed by atoms with Crippen LogP contribution < -0.4 is 5.43 Å². The minimum atomic E-state index is -0.482. The summed E-state index contributed by atoms with van der Waals surface area (Å²) < 4.78 is 5.64. The van der Waals surface area contributed by atoms with Crippen LogP contribution >= 0.6 is 0 Å². The van der Waals surface area contributed by atoms with Crippen LogP contribution in [0.5, 0.6) is 0 Å². The SMILES string of the molecule is C[C@H](OCc1ccccc1)C(=O)NN1Cc2ccccc2C1. The Balaban J connectivity index is 1.48. The van der Waals surface area contributed by atoms with Gasteiger partial charge in [-0.1, -0.05) is 54.6 Å². The molecule has 0 aliphatic carbocycles. The Morgan fingerprint density at radius 3 is 2.32 bits per heavy atom. The summed E-state index contributed by atoms with van der Waals surface area (Å²) in [5.74, 6) is -0.108. The van der Waals surface area contributed by atoms with Gasteiger partial charge >= 0.3 is 0 Å². The quantitative estimate of drug-likeness (QED) is 0.922. The smallest absolute Gasteiger partial charge is 0.263 e. The second kappa shape index (κ2) is 6.73. The Bertz CT molecular complexity index is 618. The Kier molecular flexibility index (Phi) is 4.51. The number of hydrogen-bond acceptors (Lipinski definition) is 3. The van der Waals surface area contributed by atoms with E-state index < -0.39 is 6.10 Å². The molecule has 1 aliphatic rings. The molecule has 1 heterocycles. The van der Waals surface area contributed by atoms with E-state index in [1.165, 1.54) is 11.1 Å². The lowest BCUT2D eigenvalue weighted by Gasteiger charge is -2.20. The van der Waals surface area contributed by atoms with Crippen LogP contribution in [0.25, 0.3) is 0 Å². The van der Waals surface area contributed by atoms with E-state index in [2.05, 4.69) is 17.6 Å². The topological polar surface area (TPSA) is 41.6 Å². The largest absolute Gasteiger partial charge is 0.364 e. The highest BCUT2D eigenvalue weighted by Gasteiger charge is 2.22. The van der Waals surface area contributed by atoms with Gasteiger partial charge in [-0.2, -0.15) is 0 Å². The lowest BCUT2D eigenvalue weighted by Crippen LogP contribution is -2.43. The Morgan fingerprint density at radius 1 is 1.09 bits per heavy atom. The molecule has 1 N–H and O–H groups in total. The first-order valence-electron chi connectivity index (χ1n) is 7.50. The van der Waals surface area contributed by atoms with Crippen molar-refractivity contribution < 1.29 is 9.53 Å². The predicted octanol–water partition coefficient (Wildman–Crippen LogP) is 2.64. The third-order valence-electron chi connectivity index (χ3n) is 3.82. The van der Waals surface area contributed by atoms with E-state index in [4.69, 9.17) is 4.74 Å². The molecule has 114 valence electrons. The lowest BCUT2D eigenvalue weighted by atomic mass is 10.1. The summed E-state index contributed by atoms with van der Waals surface area (Å²) in [6, 6.07) is 18.1. The third-order valence-corrected chi connectivity index (χ3v) is 3.82. The molecule has 1 amide bonds. The third kappa shape index (κ3) is 3.53. The fraction of sp³-hybridized carbons (Fsp3) is 0.278. The molecule has 1 atom stereocenters. The molecule has 0 bridgehead atoms. The molecule has 4 nitrogen and oxygen atoms in total. The first-order valence-corrected chi connectivity index (χ1v) is 7.50. The first kappa shape index (κ1) is 14.8. The number of carbonyl (C=O) groups is 1. The molecule has 0 saturated carbocycles. The summed E-state index contributed by atoms with van der Waals surface area (Å²) in [4.78, 5) is 12.2. The zero-order chi connectivity index (χ0) is 15.4. The zero-order valence-corrected chi connectivity index (χ0v) is 12.7. The molecule has 0 aromatic heterocycles. The number of carbonyl (C=O) groups excluding carboxylic acids is 1. The predicted molar refractivity (Wildman–Crippen MR) is 84.5 cm³/mol. The maximum Gasteiger partial charge on any atom is 0.263 e. The van der Waals surface area contributed by atoms with Crippen LogP contribution in [0, 0.1) is 0 Å². The number of ether oxygens (including phenoxy) is 1. The van der Waals surface area contributed by atoms with E-state index >= 15 is 0 Å². The van der Waals surface area contributed by atoms with Gasteiger partial charge in [0.25, 0.3) is 5.91 Å². The number of rotatable bonds is 5. The van der Waals surface area contributed by atoms with Gasteiger partial charge in [0, 0.05) is 13.1 Å². The van der Waals surface area contributed by atoms with E-state index in [0.29, 0.717) is 6.61 Å². The molecule has 0 spiro atoms. The first-order chi connectivity index (χ1) is 10.7. The summed E-state index contributed by atoms with van der Waals surface area (Å²) in [6.45, 7) is 3.71. The summed E-state index contributed by atoms with van der Waals surface area (Å²) in [5.41, 5.74) is 6.53. The van der Waals surface area contributed by atoms with Gasteiger partial charge in [-0.25, -0.2) is 5.01 Å². The molecule has 4 heteroatoms. The zero-order valence-electron chi connectivity index (χ0n) is 12.7. The van der Waals surface area contributed by atoms with Crippen LogP contribution in [0.3, 0.4) is 0 Å². The number of nitrogens with one attached hydrogen (secondary N) is 1. The summed E-state index contributed by atoms with van der Waals surface area (Å²) in [6.07, 6.45) is -0.482. The molecule has 2 aromatic carbocycles. The molecular weight excluding hydrogens is 276 g/mol.